The Kier molecular flexibility index (Phi) is 2.86. The molecule has 0 saturated carbocycles. The highest BCUT2D eigenvalue weighted by Crippen LogP contribution is 2.13. The van der Waals surface area contributed by atoms with Crippen LogP contribution in [0.1, 0.15) is 16.1 Å². The van der Waals surface area contributed by atoms with Crippen molar-refractivity contribution in [2.45, 2.75) is 0 Å². The van der Waals surface area contributed by atoms with Crippen LogP contribution in [0.15, 0.2) is 42.6 Å². The topological polar surface area (TPSA) is 94.5 Å². The van der Waals surface area contributed by atoms with Gasteiger partial charge in [-0.25, -0.2) is 9.97 Å². The van der Waals surface area contributed by atoms with Crippen LogP contribution in [0.5, 0.6) is 0 Å². The van der Waals surface area contributed by atoms with Gasteiger partial charge in [0.25, 0.3) is 5.91 Å². The van der Waals surface area contributed by atoms with Gasteiger partial charge in [0, 0.05) is 6.20 Å². The smallest absolute Gasteiger partial charge is 0.276 e. The summed E-state index contributed by atoms with van der Waals surface area (Å²) in [5, 5.41) is 11.3. The molecule has 0 saturated heterocycles. The van der Waals surface area contributed by atoms with E-state index in [1.165, 1.54) is 12.3 Å². The Hall–Kier alpha value is -3.20. The van der Waals surface area contributed by atoms with Crippen molar-refractivity contribution < 1.29 is 4.79 Å². The normalized spacial score (nSPS) is 10.2. The second-order valence-electron chi connectivity index (χ2n) is 4.10. The highest BCUT2D eigenvalue weighted by molar-refractivity contribution is 6.02. The van der Waals surface area contributed by atoms with Crippen LogP contribution in [0.3, 0.4) is 0 Å². The lowest BCUT2D eigenvalue weighted by molar-refractivity contribution is 0.102. The molecule has 3 aromatic rings. The number of carbonyl (C=O) groups excluding carboxylic acids is 1. The van der Waals surface area contributed by atoms with E-state index >= 15 is 0 Å². The molecule has 0 aliphatic heterocycles. The van der Waals surface area contributed by atoms with Crippen molar-refractivity contribution in [1.29, 1.82) is 5.26 Å². The molecule has 96 valence electrons. The molecule has 2 N–H and O–H groups in total. The Morgan fingerprint density at radius 3 is 2.80 bits per heavy atom. The number of anilines is 1. The average Bonchev–Trinajstić information content (AvgIpc) is 2.89. The van der Waals surface area contributed by atoms with Crippen LogP contribution < -0.4 is 5.32 Å². The van der Waals surface area contributed by atoms with E-state index in [-0.39, 0.29) is 11.6 Å². The molecule has 0 fully saturated rings. The molecule has 0 spiro atoms. The van der Waals surface area contributed by atoms with Gasteiger partial charge >= 0.3 is 0 Å². The van der Waals surface area contributed by atoms with E-state index in [1.807, 2.05) is 30.3 Å². The minimum atomic E-state index is -0.381. The molecule has 6 heteroatoms. The van der Waals surface area contributed by atoms with E-state index in [0.717, 1.165) is 11.0 Å². The lowest BCUT2D eigenvalue weighted by Gasteiger charge is -2.00. The van der Waals surface area contributed by atoms with Crippen molar-refractivity contribution in [2.24, 2.45) is 0 Å². The minimum absolute atomic E-state index is 0.226. The first-order valence-corrected chi connectivity index (χ1v) is 5.88. The molecule has 1 amide bonds. The van der Waals surface area contributed by atoms with Gasteiger partial charge < -0.3 is 4.98 Å². The number of nitrogens with zero attached hydrogens (tertiary/aromatic N) is 3. The van der Waals surface area contributed by atoms with Gasteiger partial charge in [0.2, 0.25) is 5.95 Å². The van der Waals surface area contributed by atoms with Gasteiger partial charge in [0.05, 0.1) is 16.6 Å². The van der Waals surface area contributed by atoms with E-state index in [2.05, 4.69) is 20.3 Å². The van der Waals surface area contributed by atoms with Crippen LogP contribution in [0, 0.1) is 11.3 Å². The van der Waals surface area contributed by atoms with Gasteiger partial charge in [-0.3, -0.25) is 10.1 Å². The number of H-pyrrole nitrogens is 1. The van der Waals surface area contributed by atoms with E-state index in [9.17, 15) is 4.79 Å². The molecule has 3 rings (SSSR count). The summed E-state index contributed by atoms with van der Waals surface area (Å²) in [6.07, 6.45) is 1.35. The lowest BCUT2D eigenvalue weighted by atomic mass is 10.2. The van der Waals surface area contributed by atoms with Gasteiger partial charge in [-0.1, -0.05) is 12.1 Å². The number of benzene rings is 1. The number of aromatic amines is 1. The number of carbonyl (C=O) groups is 1. The standard InChI is InChI=1S/C14H9N5O/c15-7-9-5-6-12(16-8-9)13(20)19-14-17-10-3-1-2-4-11(10)18-14/h1-6,8H,(H2,17,18,19,20). The Morgan fingerprint density at radius 2 is 2.10 bits per heavy atom. The third kappa shape index (κ3) is 2.20. The Morgan fingerprint density at radius 1 is 1.25 bits per heavy atom. The van der Waals surface area contributed by atoms with Crippen molar-refractivity contribution >= 4 is 22.9 Å². The van der Waals surface area contributed by atoms with E-state index in [0.29, 0.717) is 11.5 Å². The summed E-state index contributed by atoms with van der Waals surface area (Å²) in [5.74, 6) is -0.0177. The van der Waals surface area contributed by atoms with E-state index in [4.69, 9.17) is 5.26 Å². The molecular weight excluding hydrogens is 254 g/mol. The zero-order valence-corrected chi connectivity index (χ0v) is 10.3. The van der Waals surface area contributed by atoms with Gasteiger partial charge in [0.15, 0.2) is 0 Å². The summed E-state index contributed by atoms with van der Waals surface area (Å²) in [6.45, 7) is 0. The van der Waals surface area contributed by atoms with Crippen LogP contribution >= 0.6 is 0 Å². The number of rotatable bonds is 2. The SMILES string of the molecule is N#Cc1ccc(C(=O)Nc2nc3ccccc3[nH]2)nc1. The summed E-state index contributed by atoms with van der Waals surface area (Å²) < 4.78 is 0. The zero-order chi connectivity index (χ0) is 13.9. The fourth-order valence-electron chi connectivity index (χ4n) is 1.78. The molecule has 6 nitrogen and oxygen atoms in total. The molecule has 0 unspecified atom stereocenters. The highest BCUT2D eigenvalue weighted by Gasteiger charge is 2.10. The summed E-state index contributed by atoms with van der Waals surface area (Å²) in [5.41, 5.74) is 2.25. The number of hydrogen-bond donors (Lipinski definition) is 2. The summed E-state index contributed by atoms with van der Waals surface area (Å²) in [4.78, 5) is 23.1. The maximum Gasteiger partial charge on any atom is 0.276 e. The number of hydrogen-bond acceptors (Lipinski definition) is 4. The van der Waals surface area contributed by atoms with Gasteiger partial charge in [-0.2, -0.15) is 5.26 Å². The molecule has 1 aromatic carbocycles. The fourth-order valence-corrected chi connectivity index (χ4v) is 1.78. The molecule has 0 aliphatic carbocycles. The maximum absolute atomic E-state index is 12.0. The van der Waals surface area contributed by atoms with Crippen molar-refractivity contribution in [1.82, 2.24) is 15.0 Å². The van der Waals surface area contributed by atoms with E-state index in [1.54, 1.807) is 6.07 Å². The maximum atomic E-state index is 12.0. The second-order valence-corrected chi connectivity index (χ2v) is 4.10. The molecule has 2 heterocycles. The number of nitriles is 1. The average molecular weight is 263 g/mol. The van der Waals surface area contributed by atoms with Gasteiger partial charge in [-0.05, 0) is 24.3 Å². The number of nitrogens with one attached hydrogen (secondary N) is 2. The molecule has 0 atom stereocenters. The third-order valence-electron chi connectivity index (χ3n) is 2.75. The minimum Gasteiger partial charge on any atom is -0.324 e. The quantitative estimate of drug-likeness (QED) is 0.740. The van der Waals surface area contributed by atoms with Crippen LogP contribution in [0.25, 0.3) is 11.0 Å². The summed E-state index contributed by atoms with van der Waals surface area (Å²) in [6, 6.07) is 12.5. The first kappa shape index (κ1) is 11.9. The second kappa shape index (κ2) is 4.82. The Balaban J connectivity index is 1.82. The first-order valence-electron chi connectivity index (χ1n) is 5.88. The van der Waals surface area contributed by atoms with Crippen molar-refractivity contribution in [3.63, 3.8) is 0 Å². The first-order chi connectivity index (χ1) is 9.76. The third-order valence-corrected chi connectivity index (χ3v) is 2.75. The number of fused-ring (bicyclic) bond motifs is 1. The predicted molar refractivity (Wildman–Crippen MR) is 73.0 cm³/mol. The number of pyridine rings is 1. The Bertz CT molecular complexity index is 780. The summed E-state index contributed by atoms with van der Waals surface area (Å²) in [7, 11) is 0. The number of amides is 1. The zero-order valence-electron chi connectivity index (χ0n) is 10.3. The highest BCUT2D eigenvalue weighted by atomic mass is 16.2. The molecule has 0 bridgehead atoms. The van der Waals surface area contributed by atoms with Crippen LogP contribution in [-0.4, -0.2) is 20.9 Å². The Labute approximate surface area is 114 Å². The van der Waals surface area contributed by atoms with Crippen LogP contribution in [0.2, 0.25) is 0 Å². The van der Waals surface area contributed by atoms with Gasteiger partial charge in [-0.15, -0.1) is 0 Å². The molecule has 0 aliphatic rings. The van der Waals surface area contributed by atoms with E-state index < -0.39 is 0 Å². The monoisotopic (exact) mass is 263 g/mol. The number of aromatic nitrogens is 3. The largest absolute Gasteiger partial charge is 0.324 e. The summed E-state index contributed by atoms with van der Waals surface area (Å²) >= 11 is 0. The van der Waals surface area contributed by atoms with Crippen LogP contribution in [0.4, 0.5) is 5.95 Å². The molecule has 20 heavy (non-hydrogen) atoms. The van der Waals surface area contributed by atoms with Crippen LogP contribution in [-0.2, 0) is 0 Å². The predicted octanol–water partition coefficient (Wildman–Crippen LogP) is 2.08. The van der Waals surface area contributed by atoms with Crippen molar-refractivity contribution in [3.05, 3.63) is 53.9 Å². The molecule has 0 radical (unpaired) electrons. The number of para-hydroxylation sites is 2. The molecular formula is C14H9N5O. The number of imidazole rings is 1. The molecule has 2 aromatic heterocycles. The van der Waals surface area contributed by atoms with Crippen molar-refractivity contribution in [3.8, 4) is 6.07 Å². The fraction of sp³-hybridized carbons (Fsp3) is 0. The van der Waals surface area contributed by atoms with Crippen molar-refractivity contribution in [2.75, 3.05) is 5.32 Å². The lowest BCUT2D eigenvalue weighted by Crippen LogP contribution is -2.14. The van der Waals surface area contributed by atoms with Gasteiger partial charge in [0.1, 0.15) is 11.8 Å².